The zero-order valence-corrected chi connectivity index (χ0v) is 13.8. The van der Waals surface area contributed by atoms with Crippen LogP contribution >= 0.6 is 0 Å². The number of hydrogen-bond acceptors (Lipinski definition) is 6. The topological polar surface area (TPSA) is 122 Å². The molecule has 8 nitrogen and oxygen atoms in total. The molecular weight excluding hydrogens is 346 g/mol. The predicted octanol–water partition coefficient (Wildman–Crippen LogP) is 2.54. The Morgan fingerprint density at radius 3 is 2.48 bits per heavy atom. The molecule has 0 atom stereocenters. The molecule has 0 unspecified atom stereocenters. The summed E-state index contributed by atoms with van der Waals surface area (Å²) in [7, 11) is -4.02. The van der Waals surface area contributed by atoms with Crippen molar-refractivity contribution in [2.24, 2.45) is 0 Å². The number of nitrogens with zero attached hydrogens (tertiary/aromatic N) is 2. The Labute approximate surface area is 143 Å². The van der Waals surface area contributed by atoms with Crippen LogP contribution in [0.25, 0.3) is 11.4 Å². The van der Waals surface area contributed by atoms with Crippen molar-refractivity contribution in [3.05, 3.63) is 59.8 Å². The molecule has 128 valence electrons. The Kier molecular flexibility index (Phi) is 4.24. The number of aromatic carboxylic acids is 1. The summed E-state index contributed by atoms with van der Waals surface area (Å²) in [5.41, 5.74) is 0.677. The third kappa shape index (κ3) is 3.36. The maximum absolute atomic E-state index is 12.4. The fourth-order valence-electron chi connectivity index (χ4n) is 2.13. The molecule has 2 heterocycles. The summed E-state index contributed by atoms with van der Waals surface area (Å²) in [6, 6.07) is 10.9. The van der Waals surface area contributed by atoms with E-state index in [0.717, 1.165) is 5.56 Å². The SMILES string of the molecule is Cc1ccc(S(=O)(=O)Nc2onc(-c3ccccn3)c2C(=O)O)cc1. The molecule has 0 aliphatic heterocycles. The van der Waals surface area contributed by atoms with Crippen LogP contribution in [0.15, 0.2) is 58.1 Å². The summed E-state index contributed by atoms with van der Waals surface area (Å²) in [5.74, 6) is -1.86. The summed E-state index contributed by atoms with van der Waals surface area (Å²) in [6.07, 6.45) is 1.46. The average molecular weight is 359 g/mol. The Morgan fingerprint density at radius 1 is 1.16 bits per heavy atom. The lowest BCUT2D eigenvalue weighted by Crippen LogP contribution is -2.14. The van der Waals surface area contributed by atoms with E-state index in [0.29, 0.717) is 0 Å². The van der Waals surface area contributed by atoms with Gasteiger partial charge in [0, 0.05) is 6.20 Å². The highest BCUT2D eigenvalue weighted by Crippen LogP contribution is 2.29. The number of carboxylic acid groups (broad SMARTS) is 1. The first kappa shape index (κ1) is 16.7. The number of sulfonamides is 1. The summed E-state index contributed by atoms with van der Waals surface area (Å²) < 4.78 is 31.9. The Morgan fingerprint density at radius 2 is 1.88 bits per heavy atom. The number of rotatable bonds is 5. The van der Waals surface area contributed by atoms with E-state index in [9.17, 15) is 18.3 Å². The molecule has 2 N–H and O–H groups in total. The summed E-state index contributed by atoms with van der Waals surface area (Å²) in [4.78, 5) is 15.6. The molecule has 0 bridgehead atoms. The van der Waals surface area contributed by atoms with Crippen LogP contribution in [0.1, 0.15) is 15.9 Å². The Balaban J connectivity index is 2.02. The van der Waals surface area contributed by atoms with Crippen LogP contribution in [0, 0.1) is 6.92 Å². The maximum Gasteiger partial charge on any atom is 0.343 e. The molecule has 0 aliphatic rings. The second-order valence-corrected chi connectivity index (χ2v) is 6.86. The molecule has 3 rings (SSSR count). The smallest absolute Gasteiger partial charge is 0.343 e. The summed E-state index contributed by atoms with van der Waals surface area (Å²) in [5, 5.41) is 13.1. The number of pyridine rings is 1. The molecule has 9 heteroatoms. The lowest BCUT2D eigenvalue weighted by Gasteiger charge is -2.06. The summed E-state index contributed by atoms with van der Waals surface area (Å²) in [6.45, 7) is 1.82. The number of anilines is 1. The van der Waals surface area contributed by atoms with Crippen LogP contribution in [0.3, 0.4) is 0 Å². The monoisotopic (exact) mass is 359 g/mol. The van der Waals surface area contributed by atoms with Crippen LogP contribution in [-0.2, 0) is 10.0 Å². The minimum absolute atomic E-state index is 0.0229. The average Bonchev–Trinajstić information content (AvgIpc) is 2.99. The van der Waals surface area contributed by atoms with Crippen molar-refractivity contribution in [3.8, 4) is 11.4 Å². The third-order valence-electron chi connectivity index (χ3n) is 3.37. The second-order valence-electron chi connectivity index (χ2n) is 5.17. The first-order valence-electron chi connectivity index (χ1n) is 7.12. The van der Waals surface area contributed by atoms with E-state index in [-0.39, 0.29) is 16.3 Å². The Hall–Kier alpha value is -3.20. The zero-order chi connectivity index (χ0) is 18.0. The van der Waals surface area contributed by atoms with Gasteiger partial charge in [0.15, 0.2) is 5.56 Å². The van der Waals surface area contributed by atoms with E-state index >= 15 is 0 Å². The van der Waals surface area contributed by atoms with Gasteiger partial charge in [-0.15, -0.1) is 0 Å². The van der Waals surface area contributed by atoms with E-state index in [1.165, 1.54) is 18.3 Å². The first-order valence-corrected chi connectivity index (χ1v) is 8.60. The first-order chi connectivity index (χ1) is 11.9. The molecule has 1 aromatic carbocycles. The summed E-state index contributed by atoms with van der Waals surface area (Å²) >= 11 is 0. The zero-order valence-electron chi connectivity index (χ0n) is 13.0. The molecule has 0 radical (unpaired) electrons. The minimum atomic E-state index is -4.02. The van der Waals surface area contributed by atoms with Crippen LogP contribution < -0.4 is 4.72 Å². The third-order valence-corrected chi connectivity index (χ3v) is 4.72. The number of benzene rings is 1. The lowest BCUT2D eigenvalue weighted by atomic mass is 10.2. The van der Waals surface area contributed by atoms with Crippen molar-refractivity contribution in [1.82, 2.24) is 10.1 Å². The van der Waals surface area contributed by atoms with Crippen molar-refractivity contribution >= 4 is 21.9 Å². The van der Waals surface area contributed by atoms with Gasteiger partial charge in [0.2, 0.25) is 0 Å². The number of aromatic nitrogens is 2. The van der Waals surface area contributed by atoms with Gasteiger partial charge in [-0.05, 0) is 31.2 Å². The standard InChI is InChI=1S/C16H13N3O5S/c1-10-5-7-11(8-6-10)25(22,23)19-15-13(16(20)21)14(18-24-15)12-4-2-3-9-17-12/h2-9,19H,1H3,(H,20,21). The van der Waals surface area contributed by atoms with Gasteiger partial charge in [-0.3, -0.25) is 4.98 Å². The number of hydrogen-bond donors (Lipinski definition) is 2. The molecule has 0 saturated carbocycles. The van der Waals surface area contributed by atoms with E-state index in [4.69, 9.17) is 4.52 Å². The van der Waals surface area contributed by atoms with Gasteiger partial charge >= 0.3 is 5.97 Å². The van der Waals surface area contributed by atoms with Gasteiger partial charge in [0.25, 0.3) is 15.9 Å². The Bertz CT molecular complexity index is 1010. The van der Waals surface area contributed by atoms with Crippen LogP contribution in [-0.4, -0.2) is 29.6 Å². The van der Waals surface area contributed by atoms with E-state index in [1.54, 1.807) is 30.3 Å². The van der Waals surface area contributed by atoms with E-state index in [1.807, 2.05) is 6.92 Å². The highest BCUT2D eigenvalue weighted by atomic mass is 32.2. The molecule has 0 spiro atoms. The number of carboxylic acids is 1. The number of carbonyl (C=O) groups is 1. The molecule has 0 saturated heterocycles. The normalized spacial score (nSPS) is 11.2. The molecule has 0 aliphatic carbocycles. The second kappa shape index (κ2) is 6.36. The molecule has 25 heavy (non-hydrogen) atoms. The van der Waals surface area contributed by atoms with E-state index in [2.05, 4.69) is 14.9 Å². The van der Waals surface area contributed by atoms with E-state index < -0.39 is 27.4 Å². The van der Waals surface area contributed by atoms with Gasteiger partial charge in [-0.1, -0.05) is 28.9 Å². The largest absolute Gasteiger partial charge is 0.477 e. The van der Waals surface area contributed by atoms with Crippen molar-refractivity contribution in [2.75, 3.05) is 4.72 Å². The molecule has 0 fully saturated rings. The predicted molar refractivity (Wildman–Crippen MR) is 88.7 cm³/mol. The fourth-order valence-corrected chi connectivity index (χ4v) is 3.13. The van der Waals surface area contributed by atoms with Gasteiger partial charge in [-0.25, -0.2) is 17.9 Å². The van der Waals surface area contributed by atoms with Crippen molar-refractivity contribution in [1.29, 1.82) is 0 Å². The quantitative estimate of drug-likeness (QED) is 0.717. The molecule has 0 amide bonds. The highest BCUT2D eigenvalue weighted by molar-refractivity contribution is 7.92. The van der Waals surface area contributed by atoms with Gasteiger partial charge < -0.3 is 9.63 Å². The van der Waals surface area contributed by atoms with Crippen LogP contribution in [0.4, 0.5) is 5.88 Å². The van der Waals surface area contributed by atoms with Gasteiger partial charge in [0.1, 0.15) is 5.69 Å². The van der Waals surface area contributed by atoms with Crippen molar-refractivity contribution in [3.63, 3.8) is 0 Å². The van der Waals surface area contributed by atoms with Gasteiger partial charge in [-0.2, -0.15) is 0 Å². The highest BCUT2D eigenvalue weighted by Gasteiger charge is 2.28. The van der Waals surface area contributed by atoms with Crippen molar-refractivity contribution < 1.29 is 22.8 Å². The van der Waals surface area contributed by atoms with Gasteiger partial charge in [0.05, 0.1) is 10.6 Å². The number of aryl methyl sites for hydroxylation is 1. The molecule has 3 aromatic rings. The van der Waals surface area contributed by atoms with Crippen molar-refractivity contribution in [2.45, 2.75) is 11.8 Å². The number of nitrogens with one attached hydrogen (secondary N) is 1. The fraction of sp³-hybridized carbons (Fsp3) is 0.0625. The maximum atomic E-state index is 12.4. The van der Waals surface area contributed by atoms with Crippen LogP contribution in [0.5, 0.6) is 0 Å². The lowest BCUT2D eigenvalue weighted by molar-refractivity contribution is 0.0698. The van der Waals surface area contributed by atoms with Crippen LogP contribution in [0.2, 0.25) is 0 Å². The molecular formula is C16H13N3O5S. The minimum Gasteiger partial charge on any atom is -0.477 e. The molecule has 2 aromatic heterocycles.